The number of hydrogen-bond donors (Lipinski definition) is 1. The summed E-state index contributed by atoms with van der Waals surface area (Å²) in [5.74, 6) is -0.362. The molecule has 5 heteroatoms. The Kier molecular flexibility index (Phi) is 4.91. The van der Waals surface area contributed by atoms with Crippen molar-refractivity contribution < 1.29 is 4.39 Å². The van der Waals surface area contributed by atoms with E-state index in [0.29, 0.717) is 0 Å². The van der Waals surface area contributed by atoms with Gasteiger partial charge < -0.3 is 5.32 Å². The Hall–Kier alpha value is -0.970. The molecule has 0 aliphatic rings. The van der Waals surface area contributed by atoms with Gasteiger partial charge in [0.05, 0.1) is 15.7 Å². The quantitative estimate of drug-likeness (QED) is 0.912. The van der Waals surface area contributed by atoms with Crippen LogP contribution in [0.25, 0.3) is 0 Å². The molecule has 1 aromatic heterocycles. The van der Waals surface area contributed by atoms with Crippen LogP contribution < -0.4 is 5.32 Å². The van der Waals surface area contributed by atoms with Gasteiger partial charge in [0.2, 0.25) is 0 Å². The van der Waals surface area contributed by atoms with Gasteiger partial charge >= 0.3 is 0 Å². The minimum atomic E-state index is -0.362. The van der Waals surface area contributed by atoms with Crippen molar-refractivity contribution in [2.24, 2.45) is 0 Å². The van der Waals surface area contributed by atoms with Crippen LogP contribution in [0.1, 0.15) is 16.3 Å². The summed E-state index contributed by atoms with van der Waals surface area (Å²) >= 11 is 7.34. The third kappa shape index (κ3) is 4.00. The lowest BCUT2D eigenvalue weighted by Gasteiger charge is -2.15. The number of aromatic nitrogens is 1. The number of likely N-dealkylation sites (N-methyl/N-ethyl adjacent to an activating group) is 1. The maximum absolute atomic E-state index is 13.4. The minimum absolute atomic E-state index is 0.167. The van der Waals surface area contributed by atoms with Gasteiger partial charge in [-0.25, -0.2) is 9.37 Å². The maximum atomic E-state index is 13.4. The van der Waals surface area contributed by atoms with Crippen molar-refractivity contribution in [3.05, 3.63) is 50.7 Å². The van der Waals surface area contributed by atoms with E-state index in [1.165, 1.54) is 6.07 Å². The highest BCUT2D eigenvalue weighted by Crippen LogP contribution is 2.18. The van der Waals surface area contributed by atoms with Crippen molar-refractivity contribution in [3.63, 3.8) is 0 Å². The number of aryl methyl sites for hydroxylation is 1. The van der Waals surface area contributed by atoms with Crippen LogP contribution in [0.2, 0.25) is 5.02 Å². The van der Waals surface area contributed by atoms with Gasteiger partial charge in [0.1, 0.15) is 5.82 Å². The van der Waals surface area contributed by atoms with E-state index in [0.717, 1.165) is 29.1 Å². The maximum Gasteiger partial charge on any atom is 0.142 e. The molecule has 1 N–H and O–H groups in total. The Labute approximate surface area is 121 Å². The fourth-order valence-corrected chi connectivity index (χ4v) is 2.72. The van der Waals surface area contributed by atoms with Gasteiger partial charge in [-0.3, -0.25) is 0 Å². The summed E-state index contributed by atoms with van der Waals surface area (Å²) in [6.45, 7) is 2.00. The van der Waals surface area contributed by atoms with Crippen molar-refractivity contribution >= 4 is 22.9 Å². The first-order chi connectivity index (χ1) is 9.08. The average Bonchev–Trinajstić information content (AvgIpc) is 2.78. The summed E-state index contributed by atoms with van der Waals surface area (Å²) in [6.07, 6.45) is 1.59. The third-order valence-corrected chi connectivity index (χ3v) is 4.13. The Morgan fingerprint density at radius 1 is 1.42 bits per heavy atom. The van der Waals surface area contributed by atoms with Crippen molar-refractivity contribution in [2.45, 2.75) is 25.8 Å². The molecule has 1 unspecified atom stereocenters. The predicted octanol–water partition coefficient (Wildman–Crippen LogP) is 3.62. The second-order valence-corrected chi connectivity index (χ2v) is 5.97. The van der Waals surface area contributed by atoms with Crippen molar-refractivity contribution in [1.82, 2.24) is 10.3 Å². The van der Waals surface area contributed by atoms with Crippen LogP contribution in [-0.2, 0) is 12.8 Å². The second-order valence-electron chi connectivity index (χ2n) is 4.50. The smallest absolute Gasteiger partial charge is 0.142 e. The second kappa shape index (κ2) is 6.46. The predicted molar refractivity (Wildman–Crippen MR) is 78.5 cm³/mol. The van der Waals surface area contributed by atoms with Crippen LogP contribution >= 0.6 is 22.9 Å². The molecule has 0 radical (unpaired) electrons. The molecule has 0 bridgehead atoms. The van der Waals surface area contributed by atoms with E-state index in [2.05, 4.69) is 15.7 Å². The summed E-state index contributed by atoms with van der Waals surface area (Å²) in [5, 5.41) is 6.56. The number of thiazole rings is 1. The zero-order valence-electron chi connectivity index (χ0n) is 10.9. The normalized spacial score (nSPS) is 12.6. The highest BCUT2D eigenvalue weighted by molar-refractivity contribution is 7.09. The fraction of sp³-hybridized carbons (Fsp3) is 0.357. The Bertz CT molecular complexity index is 556. The Morgan fingerprint density at radius 3 is 2.79 bits per heavy atom. The third-order valence-electron chi connectivity index (χ3n) is 3.00. The molecule has 2 aromatic rings. The molecule has 102 valence electrons. The van der Waals surface area contributed by atoms with Crippen molar-refractivity contribution in [3.8, 4) is 0 Å². The van der Waals surface area contributed by atoms with E-state index in [9.17, 15) is 4.39 Å². The molecule has 0 spiro atoms. The fourth-order valence-electron chi connectivity index (χ4n) is 1.98. The summed E-state index contributed by atoms with van der Waals surface area (Å²) in [5.41, 5.74) is 2.02. The van der Waals surface area contributed by atoms with Crippen LogP contribution in [0.15, 0.2) is 23.6 Å². The van der Waals surface area contributed by atoms with Gasteiger partial charge in [-0.1, -0.05) is 17.7 Å². The van der Waals surface area contributed by atoms with Gasteiger partial charge in [0, 0.05) is 17.8 Å². The number of nitrogens with one attached hydrogen (secondary N) is 1. The van der Waals surface area contributed by atoms with E-state index in [4.69, 9.17) is 11.6 Å². The standard InChI is InChI=1S/C14H16ClFN2S/c1-9-18-12(8-19-9)7-11(17-2)5-10-3-4-13(15)14(16)6-10/h3-4,6,8,11,17H,5,7H2,1-2H3. The largest absolute Gasteiger partial charge is 0.316 e. The van der Waals surface area contributed by atoms with Gasteiger partial charge in [0.25, 0.3) is 0 Å². The lowest BCUT2D eigenvalue weighted by atomic mass is 10.0. The van der Waals surface area contributed by atoms with E-state index in [-0.39, 0.29) is 16.9 Å². The first-order valence-electron chi connectivity index (χ1n) is 6.10. The number of rotatable bonds is 5. The van der Waals surface area contributed by atoms with Gasteiger partial charge in [-0.05, 0) is 38.1 Å². The molecular weight excluding hydrogens is 283 g/mol. The Morgan fingerprint density at radius 2 is 2.21 bits per heavy atom. The number of nitrogens with zero attached hydrogens (tertiary/aromatic N) is 1. The number of hydrogen-bond acceptors (Lipinski definition) is 3. The summed E-state index contributed by atoms with van der Waals surface area (Å²) in [4.78, 5) is 4.46. The SMILES string of the molecule is CNC(Cc1ccc(Cl)c(F)c1)Cc1csc(C)n1. The molecule has 0 fully saturated rings. The van der Waals surface area contributed by atoms with Crippen LogP contribution in [-0.4, -0.2) is 18.1 Å². The minimum Gasteiger partial charge on any atom is -0.316 e. The molecule has 2 rings (SSSR count). The Balaban J connectivity index is 2.04. The zero-order valence-corrected chi connectivity index (χ0v) is 12.5. The van der Waals surface area contributed by atoms with E-state index in [1.807, 2.05) is 20.0 Å². The highest BCUT2D eigenvalue weighted by atomic mass is 35.5. The van der Waals surface area contributed by atoms with E-state index in [1.54, 1.807) is 17.4 Å². The molecule has 0 amide bonds. The lowest BCUT2D eigenvalue weighted by Crippen LogP contribution is -2.30. The number of benzene rings is 1. The van der Waals surface area contributed by atoms with Crippen LogP contribution in [0.5, 0.6) is 0 Å². The lowest BCUT2D eigenvalue weighted by molar-refractivity contribution is 0.548. The summed E-state index contributed by atoms with van der Waals surface area (Å²) in [7, 11) is 1.91. The molecule has 0 aliphatic heterocycles. The van der Waals surface area contributed by atoms with E-state index >= 15 is 0 Å². The first-order valence-corrected chi connectivity index (χ1v) is 7.36. The van der Waals surface area contributed by atoms with Crippen molar-refractivity contribution in [2.75, 3.05) is 7.05 Å². The summed E-state index contributed by atoms with van der Waals surface area (Å²) < 4.78 is 13.4. The van der Waals surface area contributed by atoms with E-state index < -0.39 is 0 Å². The van der Waals surface area contributed by atoms with Gasteiger partial charge in [-0.15, -0.1) is 11.3 Å². The van der Waals surface area contributed by atoms with Gasteiger partial charge in [0.15, 0.2) is 0 Å². The van der Waals surface area contributed by atoms with Crippen LogP contribution in [0.4, 0.5) is 4.39 Å². The topological polar surface area (TPSA) is 24.9 Å². The average molecular weight is 299 g/mol. The molecule has 0 saturated heterocycles. The molecule has 1 atom stereocenters. The zero-order chi connectivity index (χ0) is 13.8. The number of halogens is 2. The monoisotopic (exact) mass is 298 g/mol. The highest BCUT2D eigenvalue weighted by Gasteiger charge is 2.11. The first kappa shape index (κ1) is 14.4. The van der Waals surface area contributed by atoms with Crippen LogP contribution in [0.3, 0.4) is 0 Å². The summed E-state index contributed by atoms with van der Waals surface area (Å²) in [6, 6.07) is 5.20. The molecule has 2 nitrogen and oxygen atoms in total. The molecule has 1 heterocycles. The molecule has 0 aliphatic carbocycles. The molecule has 19 heavy (non-hydrogen) atoms. The van der Waals surface area contributed by atoms with Gasteiger partial charge in [-0.2, -0.15) is 0 Å². The molecule has 1 aromatic carbocycles. The molecular formula is C14H16ClFN2S. The molecule has 0 saturated carbocycles. The van der Waals surface area contributed by atoms with Crippen molar-refractivity contribution in [1.29, 1.82) is 0 Å². The van der Waals surface area contributed by atoms with Crippen LogP contribution in [0, 0.1) is 12.7 Å².